The van der Waals surface area contributed by atoms with E-state index in [2.05, 4.69) is 46.7 Å². The highest BCUT2D eigenvalue weighted by Gasteiger charge is 2.36. The largest absolute Gasteiger partial charge is 0.487 e. The summed E-state index contributed by atoms with van der Waals surface area (Å²) in [6.07, 6.45) is 1.74. The number of amidine groups is 2. The Balaban J connectivity index is 1.42. The fraction of sp³-hybridized carbons (Fsp3) is 0.185. The molecule has 176 valence electrons. The summed E-state index contributed by atoms with van der Waals surface area (Å²) in [6.45, 7) is 8.46. The molecule has 0 aliphatic carbocycles. The molecule has 1 aromatic heterocycles. The molecule has 2 aliphatic rings. The van der Waals surface area contributed by atoms with Crippen molar-refractivity contribution in [1.29, 1.82) is 5.41 Å². The summed E-state index contributed by atoms with van der Waals surface area (Å²) in [4.78, 5) is 17.1. The van der Waals surface area contributed by atoms with Gasteiger partial charge in [0.1, 0.15) is 17.4 Å². The van der Waals surface area contributed by atoms with E-state index in [1.54, 1.807) is 6.08 Å². The van der Waals surface area contributed by atoms with Crippen molar-refractivity contribution in [3.63, 3.8) is 0 Å². The lowest BCUT2D eigenvalue weighted by Gasteiger charge is -2.20. The van der Waals surface area contributed by atoms with Crippen molar-refractivity contribution in [1.82, 2.24) is 9.58 Å². The van der Waals surface area contributed by atoms with E-state index in [4.69, 9.17) is 10.1 Å². The second-order valence-corrected chi connectivity index (χ2v) is 9.66. The Morgan fingerprint density at radius 1 is 1.03 bits per heavy atom. The zero-order valence-electron chi connectivity index (χ0n) is 20.0. The topological polar surface area (TPSA) is 83.0 Å². The highest BCUT2D eigenvalue weighted by molar-refractivity contribution is 8.27. The third-order valence-electron chi connectivity index (χ3n) is 5.84. The van der Waals surface area contributed by atoms with E-state index in [-0.39, 0.29) is 18.0 Å². The molecule has 0 fully saturated rings. The second-order valence-electron chi connectivity index (χ2n) is 8.62. The molecule has 35 heavy (non-hydrogen) atoms. The Kier molecular flexibility index (Phi) is 5.90. The molecule has 0 saturated heterocycles. The summed E-state index contributed by atoms with van der Waals surface area (Å²) < 4.78 is 7.93. The lowest BCUT2D eigenvalue weighted by molar-refractivity contribution is -0.114. The van der Waals surface area contributed by atoms with Crippen LogP contribution in [0.1, 0.15) is 28.1 Å². The number of para-hydroxylation sites is 1. The van der Waals surface area contributed by atoms with Gasteiger partial charge < -0.3 is 9.30 Å². The maximum Gasteiger partial charge on any atom is 0.283 e. The Hall–Kier alpha value is -3.91. The average Bonchev–Trinajstić information content (AvgIpc) is 3.35. The Morgan fingerprint density at radius 2 is 1.74 bits per heavy atom. The molecular formula is C27H25N5O2S. The summed E-state index contributed by atoms with van der Waals surface area (Å²) in [5, 5.41) is 15.6. The Morgan fingerprint density at radius 3 is 2.46 bits per heavy atom. The van der Waals surface area contributed by atoms with Gasteiger partial charge in [0.25, 0.3) is 5.91 Å². The summed E-state index contributed by atoms with van der Waals surface area (Å²) in [5.41, 5.74) is 6.59. The normalized spacial score (nSPS) is 16.5. The van der Waals surface area contributed by atoms with Crippen LogP contribution < -0.4 is 4.74 Å². The number of aromatic nitrogens is 1. The fourth-order valence-corrected chi connectivity index (χ4v) is 5.12. The molecule has 8 heteroatoms. The first kappa shape index (κ1) is 22.9. The third kappa shape index (κ3) is 4.44. The van der Waals surface area contributed by atoms with Gasteiger partial charge in [-0.1, -0.05) is 24.3 Å². The second kappa shape index (κ2) is 9.03. The van der Waals surface area contributed by atoms with E-state index in [1.807, 2.05) is 50.2 Å². The molecule has 5 rings (SSSR count). The molecule has 0 radical (unpaired) electrons. The lowest BCUT2D eigenvalue weighted by atomic mass is 10.1. The van der Waals surface area contributed by atoms with Crippen LogP contribution in [0.15, 0.2) is 70.3 Å². The van der Waals surface area contributed by atoms with E-state index in [0.717, 1.165) is 28.4 Å². The molecule has 0 spiro atoms. The number of nitrogens with zero attached hydrogens (tertiary/aromatic N) is 4. The van der Waals surface area contributed by atoms with Crippen LogP contribution in [0.2, 0.25) is 0 Å². The van der Waals surface area contributed by atoms with E-state index in [1.165, 1.54) is 27.9 Å². The number of ether oxygens (including phenoxy) is 1. The monoisotopic (exact) mass is 483 g/mol. The summed E-state index contributed by atoms with van der Waals surface area (Å²) >= 11 is 1.25. The smallest absolute Gasteiger partial charge is 0.283 e. The number of fused-ring (bicyclic) bond motifs is 1. The average molecular weight is 484 g/mol. The number of rotatable bonds is 5. The van der Waals surface area contributed by atoms with Crippen molar-refractivity contribution >= 4 is 39.8 Å². The molecule has 0 bridgehead atoms. The summed E-state index contributed by atoms with van der Waals surface area (Å²) in [6, 6.07) is 17.9. The van der Waals surface area contributed by atoms with Crippen LogP contribution in [0.5, 0.6) is 5.75 Å². The standard InChI is InChI=1S/C27H25N5O2S/c1-16-10-17(2)12-21(11-16)31-18(3)13-20(19(31)4)14-23-25(28)32-27(29-26(23)33)35-24(30-32)15-34-22-8-6-5-7-9-22/h5-14,28H,15H2,1-4H3. The molecule has 0 unspecified atom stereocenters. The number of aliphatic imine (C=N–C) groups is 1. The number of nitrogens with one attached hydrogen (secondary N) is 1. The van der Waals surface area contributed by atoms with E-state index in [9.17, 15) is 4.79 Å². The van der Waals surface area contributed by atoms with Gasteiger partial charge in [-0.15, -0.1) is 0 Å². The molecule has 3 heterocycles. The molecule has 0 atom stereocenters. The number of thioether (sulfide) groups is 1. The van der Waals surface area contributed by atoms with Gasteiger partial charge in [-0.05, 0) is 92.6 Å². The third-order valence-corrected chi connectivity index (χ3v) is 6.72. The van der Waals surface area contributed by atoms with Crippen LogP contribution in [0, 0.1) is 33.1 Å². The van der Waals surface area contributed by atoms with Crippen molar-refractivity contribution in [2.75, 3.05) is 6.61 Å². The molecular weight excluding hydrogens is 458 g/mol. The lowest BCUT2D eigenvalue weighted by Crippen LogP contribution is -2.35. The number of benzene rings is 2. The van der Waals surface area contributed by atoms with Gasteiger partial charge >= 0.3 is 0 Å². The van der Waals surface area contributed by atoms with Crippen LogP contribution in [-0.4, -0.2) is 38.1 Å². The van der Waals surface area contributed by atoms with Crippen LogP contribution in [0.3, 0.4) is 0 Å². The maximum absolute atomic E-state index is 12.9. The first-order chi connectivity index (χ1) is 16.8. The number of amides is 1. The van der Waals surface area contributed by atoms with Crippen molar-refractivity contribution in [2.24, 2.45) is 10.1 Å². The van der Waals surface area contributed by atoms with E-state index >= 15 is 0 Å². The molecule has 1 amide bonds. The molecule has 2 aliphatic heterocycles. The molecule has 3 aromatic rings. The maximum atomic E-state index is 12.9. The molecule has 1 N–H and O–H groups in total. The van der Waals surface area contributed by atoms with Crippen molar-refractivity contribution in [3.8, 4) is 11.4 Å². The van der Waals surface area contributed by atoms with Gasteiger partial charge in [-0.25, -0.2) is 0 Å². The van der Waals surface area contributed by atoms with Crippen molar-refractivity contribution in [3.05, 3.63) is 88.2 Å². The number of aryl methyl sites for hydroxylation is 3. The first-order valence-corrected chi connectivity index (χ1v) is 12.1. The highest BCUT2D eigenvalue weighted by atomic mass is 32.2. The molecule has 2 aromatic carbocycles. The van der Waals surface area contributed by atoms with E-state index < -0.39 is 5.91 Å². The minimum absolute atomic E-state index is 0.0124. The Labute approximate surface area is 208 Å². The summed E-state index contributed by atoms with van der Waals surface area (Å²) in [5.74, 6) is 0.303. The van der Waals surface area contributed by atoms with Crippen molar-refractivity contribution in [2.45, 2.75) is 27.7 Å². The number of hydrogen-bond acceptors (Lipinski definition) is 5. The van der Waals surface area contributed by atoms with Gasteiger partial charge in [0, 0.05) is 17.1 Å². The van der Waals surface area contributed by atoms with Crippen molar-refractivity contribution < 1.29 is 9.53 Å². The van der Waals surface area contributed by atoms with Gasteiger partial charge in [0.05, 0.1) is 5.57 Å². The van der Waals surface area contributed by atoms with Crippen LogP contribution in [0.25, 0.3) is 11.8 Å². The minimum atomic E-state index is -0.439. The minimum Gasteiger partial charge on any atom is -0.487 e. The van der Waals surface area contributed by atoms with Gasteiger partial charge in [0.15, 0.2) is 5.84 Å². The molecule has 7 nitrogen and oxygen atoms in total. The number of hydrazone groups is 1. The number of carbonyl (C=O) groups excluding carboxylic acids is 1. The number of hydrogen-bond donors (Lipinski definition) is 1. The predicted molar refractivity (Wildman–Crippen MR) is 142 cm³/mol. The van der Waals surface area contributed by atoms with Gasteiger partial charge in [-0.2, -0.15) is 15.1 Å². The fourth-order valence-electron chi connectivity index (χ4n) is 4.32. The first-order valence-electron chi connectivity index (χ1n) is 11.2. The van der Waals surface area contributed by atoms with Crippen LogP contribution in [-0.2, 0) is 4.79 Å². The van der Waals surface area contributed by atoms with Crippen LogP contribution >= 0.6 is 11.8 Å². The quantitative estimate of drug-likeness (QED) is 0.492. The van der Waals surface area contributed by atoms with Crippen LogP contribution in [0.4, 0.5) is 0 Å². The number of carbonyl (C=O) groups is 1. The zero-order valence-corrected chi connectivity index (χ0v) is 20.8. The summed E-state index contributed by atoms with van der Waals surface area (Å²) in [7, 11) is 0. The SMILES string of the molecule is Cc1cc(C)cc(-n2c(C)cc(C=C3C(=N)N4N=C(COc5ccccc5)SC4=NC3=O)c2C)c1. The predicted octanol–water partition coefficient (Wildman–Crippen LogP) is 5.41. The highest BCUT2D eigenvalue weighted by Crippen LogP contribution is 2.30. The Bertz CT molecular complexity index is 1430. The van der Waals surface area contributed by atoms with Gasteiger partial charge in [0.2, 0.25) is 5.17 Å². The van der Waals surface area contributed by atoms with E-state index in [0.29, 0.717) is 10.2 Å². The van der Waals surface area contributed by atoms with Gasteiger partial charge in [-0.3, -0.25) is 10.2 Å². The zero-order chi connectivity index (χ0) is 24.7. The molecule has 0 saturated carbocycles.